The fraction of sp³-hybridized carbons (Fsp3) is 0.385. The predicted octanol–water partition coefficient (Wildman–Crippen LogP) is 2.67. The number of anilines is 1. The Morgan fingerprint density at radius 2 is 2.06 bits per heavy atom. The first-order valence-electron chi connectivity index (χ1n) is 5.70. The van der Waals surface area contributed by atoms with Crippen LogP contribution in [0, 0.1) is 11.3 Å². The van der Waals surface area contributed by atoms with E-state index in [4.69, 9.17) is 17.5 Å². The van der Waals surface area contributed by atoms with Crippen LogP contribution in [-0.2, 0) is 0 Å². The van der Waals surface area contributed by atoms with Crippen LogP contribution < -0.4 is 10.2 Å². The number of rotatable bonds is 4. The minimum Gasteiger partial charge on any atom is -0.362 e. The summed E-state index contributed by atoms with van der Waals surface area (Å²) in [4.78, 5) is 1.91. The van der Waals surface area contributed by atoms with Crippen LogP contribution in [0.15, 0.2) is 24.3 Å². The van der Waals surface area contributed by atoms with Crippen molar-refractivity contribution in [1.82, 2.24) is 5.32 Å². The van der Waals surface area contributed by atoms with E-state index in [1.54, 1.807) is 12.1 Å². The Kier molecular flexibility index (Phi) is 5.44. The third-order valence-electron chi connectivity index (χ3n) is 2.49. The van der Waals surface area contributed by atoms with E-state index in [1.165, 1.54) is 0 Å². The first kappa shape index (κ1) is 13.5. The first-order chi connectivity index (χ1) is 8.19. The van der Waals surface area contributed by atoms with Crippen molar-refractivity contribution in [2.45, 2.75) is 19.8 Å². The van der Waals surface area contributed by atoms with E-state index < -0.39 is 0 Å². The Morgan fingerprint density at radius 3 is 2.59 bits per heavy atom. The molecule has 1 aromatic rings. The molecule has 0 heterocycles. The zero-order valence-corrected chi connectivity index (χ0v) is 11.0. The highest BCUT2D eigenvalue weighted by atomic mass is 32.1. The van der Waals surface area contributed by atoms with Gasteiger partial charge in [0.25, 0.3) is 0 Å². The number of hydrogen-bond donors (Lipinski definition) is 1. The molecule has 0 radical (unpaired) electrons. The summed E-state index contributed by atoms with van der Waals surface area (Å²) in [5, 5.41) is 12.6. The molecule has 0 aliphatic heterocycles. The number of thiocarbonyl (C=S) groups is 1. The van der Waals surface area contributed by atoms with Gasteiger partial charge in [0, 0.05) is 19.3 Å². The monoisotopic (exact) mass is 247 g/mol. The van der Waals surface area contributed by atoms with Crippen LogP contribution in [0.2, 0.25) is 0 Å². The lowest BCUT2D eigenvalue weighted by molar-refractivity contribution is 0.754. The second-order valence-electron chi connectivity index (χ2n) is 3.80. The van der Waals surface area contributed by atoms with Crippen molar-refractivity contribution in [3.63, 3.8) is 0 Å². The van der Waals surface area contributed by atoms with Gasteiger partial charge in [0.15, 0.2) is 5.11 Å². The van der Waals surface area contributed by atoms with Crippen molar-refractivity contribution in [1.29, 1.82) is 5.26 Å². The lowest BCUT2D eigenvalue weighted by atomic mass is 10.2. The molecule has 0 saturated heterocycles. The van der Waals surface area contributed by atoms with Crippen molar-refractivity contribution in [2.24, 2.45) is 0 Å². The van der Waals surface area contributed by atoms with E-state index in [2.05, 4.69) is 18.3 Å². The fourth-order valence-corrected chi connectivity index (χ4v) is 1.57. The van der Waals surface area contributed by atoms with Gasteiger partial charge in [0.2, 0.25) is 0 Å². The second-order valence-corrected chi connectivity index (χ2v) is 4.19. The number of benzene rings is 1. The molecule has 3 nitrogen and oxygen atoms in total. The van der Waals surface area contributed by atoms with Crippen LogP contribution in [0.5, 0.6) is 0 Å². The van der Waals surface area contributed by atoms with Crippen LogP contribution in [0.3, 0.4) is 0 Å². The van der Waals surface area contributed by atoms with Crippen molar-refractivity contribution in [3.05, 3.63) is 29.8 Å². The van der Waals surface area contributed by atoms with Gasteiger partial charge in [0.05, 0.1) is 11.6 Å². The Bertz CT molecular complexity index is 406. The van der Waals surface area contributed by atoms with Crippen LogP contribution in [0.4, 0.5) is 5.69 Å². The molecule has 1 aromatic carbocycles. The zero-order chi connectivity index (χ0) is 12.7. The average molecular weight is 247 g/mol. The summed E-state index contributed by atoms with van der Waals surface area (Å²) in [5.74, 6) is 0. The van der Waals surface area contributed by atoms with Gasteiger partial charge < -0.3 is 10.2 Å². The molecule has 0 spiro atoms. The normalized spacial score (nSPS) is 9.47. The number of nitriles is 1. The molecule has 17 heavy (non-hydrogen) atoms. The van der Waals surface area contributed by atoms with Gasteiger partial charge in [-0.05, 0) is 42.9 Å². The molecule has 0 fully saturated rings. The summed E-state index contributed by atoms with van der Waals surface area (Å²) in [6.07, 6.45) is 2.26. The summed E-state index contributed by atoms with van der Waals surface area (Å²) < 4.78 is 0. The minimum absolute atomic E-state index is 0.659. The van der Waals surface area contributed by atoms with E-state index in [0.29, 0.717) is 10.7 Å². The first-order valence-corrected chi connectivity index (χ1v) is 6.11. The molecule has 1 rings (SSSR count). The highest BCUT2D eigenvalue weighted by molar-refractivity contribution is 7.80. The van der Waals surface area contributed by atoms with Crippen LogP contribution in [0.1, 0.15) is 25.3 Å². The second kappa shape index (κ2) is 6.87. The molecule has 0 aliphatic rings. The maximum Gasteiger partial charge on any atom is 0.173 e. The van der Waals surface area contributed by atoms with Crippen molar-refractivity contribution >= 4 is 23.0 Å². The van der Waals surface area contributed by atoms with E-state index >= 15 is 0 Å². The topological polar surface area (TPSA) is 39.1 Å². The molecular formula is C13H17N3S. The average Bonchev–Trinajstić information content (AvgIpc) is 2.38. The standard InChI is InChI=1S/C13H17N3S/c1-3-4-9-15-13(17)16(2)12-7-5-11(10-14)6-8-12/h5-8H,3-4,9H2,1-2H3,(H,15,17). The third-order valence-corrected chi connectivity index (χ3v) is 2.91. The molecule has 1 N–H and O–H groups in total. The quantitative estimate of drug-likeness (QED) is 0.656. The van der Waals surface area contributed by atoms with Crippen molar-refractivity contribution in [3.8, 4) is 6.07 Å². The highest BCUT2D eigenvalue weighted by Gasteiger charge is 2.05. The van der Waals surface area contributed by atoms with Crippen molar-refractivity contribution < 1.29 is 0 Å². The number of unbranched alkanes of at least 4 members (excludes halogenated alkanes) is 1. The van der Waals surface area contributed by atoms with Gasteiger partial charge in [-0.3, -0.25) is 0 Å². The van der Waals surface area contributed by atoms with Crippen LogP contribution >= 0.6 is 12.2 Å². The van der Waals surface area contributed by atoms with Gasteiger partial charge >= 0.3 is 0 Å². The summed E-state index contributed by atoms with van der Waals surface area (Å²) in [5.41, 5.74) is 1.64. The molecule has 0 atom stereocenters. The smallest absolute Gasteiger partial charge is 0.173 e. The van der Waals surface area contributed by atoms with Gasteiger partial charge in [-0.1, -0.05) is 13.3 Å². The SMILES string of the molecule is CCCCNC(=S)N(C)c1ccc(C#N)cc1. The zero-order valence-electron chi connectivity index (χ0n) is 10.2. The predicted molar refractivity (Wildman–Crippen MR) is 75.1 cm³/mol. The molecular weight excluding hydrogens is 230 g/mol. The van der Waals surface area contributed by atoms with Gasteiger partial charge in [-0.25, -0.2) is 0 Å². The lowest BCUT2D eigenvalue weighted by Crippen LogP contribution is -2.37. The Morgan fingerprint density at radius 1 is 1.41 bits per heavy atom. The molecule has 0 aliphatic carbocycles. The number of nitrogens with one attached hydrogen (secondary N) is 1. The van der Waals surface area contributed by atoms with E-state index in [0.717, 1.165) is 25.1 Å². The maximum atomic E-state index is 8.72. The largest absolute Gasteiger partial charge is 0.362 e. The third kappa shape index (κ3) is 4.04. The van der Waals surface area contributed by atoms with E-state index in [-0.39, 0.29) is 0 Å². The Hall–Kier alpha value is -1.60. The summed E-state index contributed by atoms with van der Waals surface area (Å²) in [6, 6.07) is 9.47. The molecule has 0 amide bonds. The Labute approximate surface area is 108 Å². The summed E-state index contributed by atoms with van der Waals surface area (Å²) >= 11 is 5.28. The van der Waals surface area contributed by atoms with E-state index in [9.17, 15) is 0 Å². The van der Waals surface area contributed by atoms with E-state index in [1.807, 2.05) is 24.1 Å². The summed E-state index contributed by atoms with van der Waals surface area (Å²) in [6.45, 7) is 3.05. The molecule has 0 bridgehead atoms. The van der Waals surface area contributed by atoms with Gasteiger partial charge in [0.1, 0.15) is 0 Å². The molecule has 4 heteroatoms. The lowest BCUT2D eigenvalue weighted by Gasteiger charge is -2.21. The summed E-state index contributed by atoms with van der Waals surface area (Å²) in [7, 11) is 1.92. The number of nitrogens with zero attached hydrogens (tertiary/aromatic N) is 2. The minimum atomic E-state index is 0.659. The molecule has 90 valence electrons. The van der Waals surface area contributed by atoms with Crippen molar-refractivity contribution in [2.75, 3.05) is 18.5 Å². The molecule has 0 saturated carbocycles. The molecule has 0 aromatic heterocycles. The maximum absolute atomic E-state index is 8.72. The van der Waals surface area contributed by atoms with Gasteiger partial charge in [-0.15, -0.1) is 0 Å². The molecule has 0 unspecified atom stereocenters. The fourth-order valence-electron chi connectivity index (χ4n) is 1.37. The Balaban J connectivity index is 2.59. The van der Waals surface area contributed by atoms with Gasteiger partial charge in [-0.2, -0.15) is 5.26 Å². The van der Waals surface area contributed by atoms with Crippen LogP contribution in [-0.4, -0.2) is 18.7 Å². The van der Waals surface area contributed by atoms with Crippen LogP contribution in [0.25, 0.3) is 0 Å². The number of hydrogen-bond acceptors (Lipinski definition) is 2. The highest BCUT2D eigenvalue weighted by Crippen LogP contribution is 2.13.